The van der Waals surface area contributed by atoms with Crippen molar-refractivity contribution < 1.29 is 9.53 Å². The molecular formula is C20H23N3O2. The lowest BCUT2D eigenvalue weighted by Crippen LogP contribution is -2.47. The Hall–Kier alpha value is -2.82. The van der Waals surface area contributed by atoms with Gasteiger partial charge in [-0.15, -0.1) is 0 Å². The van der Waals surface area contributed by atoms with E-state index in [4.69, 9.17) is 4.74 Å². The van der Waals surface area contributed by atoms with Gasteiger partial charge in [-0.25, -0.2) is 0 Å². The maximum absolute atomic E-state index is 12.6. The number of anilines is 1. The number of guanidine groups is 1. The average Bonchev–Trinajstić information content (AvgIpc) is 2.63. The highest BCUT2D eigenvalue weighted by Gasteiger charge is 2.20. The van der Waals surface area contributed by atoms with Crippen LogP contribution in [0, 0.1) is 6.92 Å². The number of hydrogen-bond donors (Lipinski definition) is 1. The number of carbonyl (C=O) groups is 1. The van der Waals surface area contributed by atoms with E-state index in [1.807, 2.05) is 67.3 Å². The number of benzene rings is 2. The third-order valence-corrected chi connectivity index (χ3v) is 4.13. The molecule has 1 N–H and O–H groups in total. The van der Waals surface area contributed by atoms with Crippen LogP contribution in [0.25, 0.3) is 0 Å². The van der Waals surface area contributed by atoms with Gasteiger partial charge in [0.05, 0.1) is 6.61 Å². The Balaban J connectivity index is 1.78. The number of ether oxygens (including phenoxy) is 1. The molecule has 0 aromatic heterocycles. The van der Waals surface area contributed by atoms with E-state index < -0.39 is 0 Å². The second-order valence-electron chi connectivity index (χ2n) is 5.91. The first-order chi connectivity index (χ1) is 12.2. The number of nitrogens with zero attached hydrogens (tertiary/aromatic N) is 2. The molecule has 1 amide bonds. The smallest absolute Gasteiger partial charge is 0.258 e. The van der Waals surface area contributed by atoms with Crippen LogP contribution in [0.5, 0.6) is 5.75 Å². The first-order valence-electron chi connectivity index (χ1n) is 8.61. The van der Waals surface area contributed by atoms with Gasteiger partial charge in [0.25, 0.3) is 5.91 Å². The molecule has 2 aromatic rings. The van der Waals surface area contributed by atoms with E-state index in [0.29, 0.717) is 18.1 Å². The van der Waals surface area contributed by atoms with E-state index in [-0.39, 0.29) is 5.91 Å². The van der Waals surface area contributed by atoms with Crippen LogP contribution in [0.2, 0.25) is 0 Å². The van der Waals surface area contributed by atoms with Crippen molar-refractivity contribution in [3.8, 4) is 5.75 Å². The van der Waals surface area contributed by atoms with Crippen LogP contribution >= 0.6 is 0 Å². The maximum Gasteiger partial charge on any atom is 0.258 e. The van der Waals surface area contributed by atoms with Crippen LogP contribution in [0.15, 0.2) is 53.5 Å². The molecule has 3 rings (SSSR count). The van der Waals surface area contributed by atoms with Crippen molar-refractivity contribution in [1.82, 2.24) is 5.32 Å². The largest absolute Gasteiger partial charge is 0.494 e. The van der Waals surface area contributed by atoms with E-state index in [2.05, 4.69) is 10.3 Å². The minimum absolute atomic E-state index is 0.130. The van der Waals surface area contributed by atoms with Crippen LogP contribution in [0.4, 0.5) is 5.69 Å². The molecule has 0 fully saturated rings. The molecule has 0 radical (unpaired) electrons. The summed E-state index contributed by atoms with van der Waals surface area (Å²) in [4.78, 5) is 19.2. The summed E-state index contributed by atoms with van der Waals surface area (Å²) in [7, 11) is 0. The van der Waals surface area contributed by atoms with Crippen LogP contribution < -0.4 is 15.0 Å². The third kappa shape index (κ3) is 3.99. The van der Waals surface area contributed by atoms with Crippen molar-refractivity contribution in [2.45, 2.75) is 20.3 Å². The van der Waals surface area contributed by atoms with E-state index >= 15 is 0 Å². The summed E-state index contributed by atoms with van der Waals surface area (Å²) >= 11 is 0. The zero-order chi connectivity index (χ0) is 17.6. The van der Waals surface area contributed by atoms with Crippen LogP contribution in [0.1, 0.15) is 29.3 Å². The molecule has 2 aromatic carbocycles. The molecule has 0 bridgehead atoms. The van der Waals surface area contributed by atoms with Gasteiger partial charge in [-0.2, -0.15) is 0 Å². The van der Waals surface area contributed by atoms with Gasteiger partial charge < -0.3 is 9.64 Å². The number of amides is 1. The Labute approximate surface area is 148 Å². The van der Waals surface area contributed by atoms with E-state index in [9.17, 15) is 4.79 Å². The molecular weight excluding hydrogens is 314 g/mol. The standard InChI is InChI=1S/C20H23N3O2/c1-3-25-17-11-9-16(10-12-17)23-14-6-13-21-20(23)22-19(24)18-8-5-4-7-15(18)2/h4-5,7-12H,3,6,13-14H2,1-2H3,(H,21,22,24). The van der Waals surface area contributed by atoms with Crippen LogP contribution in [-0.2, 0) is 0 Å². The summed E-state index contributed by atoms with van der Waals surface area (Å²) in [5.74, 6) is 1.31. The van der Waals surface area contributed by atoms with Gasteiger partial charge in [-0.05, 0) is 56.2 Å². The quantitative estimate of drug-likeness (QED) is 0.930. The van der Waals surface area contributed by atoms with Gasteiger partial charge in [0.2, 0.25) is 5.96 Å². The zero-order valence-electron chi connectivity index (χ0n) is 14.7. The predicted molar refractivity (Wildman–Crippen MR) is 101 cm³/mol. The molecule has 0 aliphatic carbocycles. The molecule has 5 nitrogen and oxygen atoms in total. The summed E-state index contributed by atoms with van der Waals surface area (Å²) < 4.78 is 5.49. The normalized spacial score (nSPS) is 14.0. The first kappa shape index (κ1) is 17.0. The van der Waals surface area contributed by atoms with Crippen molar-refractivity contribution in [2.24, 2.45) is 4.99 Å². The van der Waals surface area contributed by atoms with Crippen molar-refractivity contribution in [3.63, 3.8) is 0 Å². The summed E-state index contributed by atoms with van der Waals surface area (Å²) in [5.41, 5.74) is 2.61. The third-order valence-electron chi connectivity index (χ3n) is 4.13. The topological polar surface area (TPSA) is 53.9 Å². The van der Waals surface area contributed by atoms with E-state index in [1.54, 1.807) is 0 Å². The fourth-order valence-corrected chi connectivity index (χ4v) is 2.85. The minimum Gasteiger partial charge on any atom is -0.494 e. The minimum atomic E-state index is -0.130. The van der Waals surface area contributed by atoms with Gasteiger partial charge in [-0.1, -0.05) is 18.2 Å². The highest BCUT2D eigenvalue weighted by atomic mass is 16.5. The van der Waals surface area contributed by atoms with E-state index in [0.717, 1.165) is 36.5 Å². The number of carbonyl (C=O) groups excluding carboxylic acids is 1. The Morgan fingerprint density at radius 2 is 1.96 bits per heavy atom. The monoisotopic (exact) mass is 337 g/mol. The van der Waals surface area contributed by atoms with Gasteiger partial charge in [0.1, 0.15) is 5.75 Å². The summed E-state index contributed by atoms with van der Waals surface area (Å²) in [6.07, 6.45) is 0.955. The molecule has 130 valence electrons. The molecule has 25 heavy (non-hydrogen) atoms. The second kappa shape index (κ2) is 7.83. The lowest BCUT2D eigenvalue weighted by Gasteiger charge is -2.29. The number of aryl methyl sites for hydroxylation is 1. The number of nitrogens with one attached hydrogen (secondary N) is 1. The molecule has 1 aliphatic heterocycles. The SMILES string of the molecule is CCOc1ccc(N2CCCN=C2NC(=O)c2ccccc2C)cc1. The Bertz CT molecular complexity index is 769. The van der Waals surface area contributed by atoms with Gasteiger partial charge in [0, 0.05) is 24.3 Å². The van der Waals surface area contributed by atoms with Gasteiger partial charge >= 0.3 is 0 Å². The van der Waals surface area contributed by atoms with E-state index in [1.165, 1.54) is 0 Å². The average molecular weight is 337 g/mol. The number of aliphatic imine (C=N–C) groups is 1. The molecule has 1 aliphatic rings. The van der Waals surface area contributed by atoms with Crippen molar-refractivity contribution in [3.05, 3.63) is 59.7 Å². The number of hydrogen-bond acceptors (Lipinski definition) is 4. The molecule has 0 saturated heterocycles. The molecule has 0 unspecified atom stereocenters. The molecule has 5 heteroatoms. The highest BCUT2D eigenvalue weighted by molar-refractivity contribution is 6.11. The molecule has 0 saturated carbocycles. The second-order valence-corrected chi connectivity index (χ2v) is 5.91. The fraction of sp³-hybridized carbons (Fsp3) is 0.300. The van der Waals surface area contributed by atoms with Crippen molar-refractivity contribution >= 4 is 17.6 Å². The highest BCUT2D eigenvalue weighted by Crippen LogP contribution is 2.21. The van der Waals surface area contributed by atoms with Gasteiger partial charge in [-0.3, -0.25) is 15.1 Å². The molecule has 0 atom stereocenters. The Morgan fingerprint density at radius 1 is 1.20 bits per heavy atom. The van der Waals surface area contributed by atoms with Crippen molar-refractivity contribution in [1.29, 1.82) is 0 Å². The van der Waals surface area contributed by atoms with Crippen LogP contribution in [-0.4, -0.2) is 31.6 Å². The van der Waals surface area contributed by atoms with Crippen LogP contribution in [0.3, 0.4) is 0 Å². The summed E-state index contributed by atoms with van der Waals surface area (Å²) in [6, 6.07) is 15.4. The fourth-order valence-electron chi connectivity index (χ4n) is 2.85. The molecule has 0 spiro atoms. The molecule has 1 heterocycles. The van der Waals surface area contributed by atoms with Crippen molar-refractivity contribution in [2.75, 3.05) is 24.6 Å². The Morgan fingerprint density at radius 3 is 2.68 bits per heavy atom. The maximum atomic E-state index is 12.6. The Kier molecular flexibility index (Phi) is 5.33. The zero-order valence-corrected chi connectivity index (χ0v) is 14.7. The summed E-state index contributed by atoms with van der Waals surface area (Å²) in [5, 5.41) is 2.97. The lowest BCUT2D eigenvalue weighted by molar-refractivity contribution is 0.0975. The predicted octanol–water partition coefficient (Wildman–Crippen LogP) is 3.39. The summed E-state index contributed by atoms with van der Waals surface area (Å²) in [6.45, 7) is 6.08. The number of rotatable bonds is 4. The lowest BCUT2D eigenvalue weighted by atomic mass is 10.1. The van der Waals surface area contributed by atoms with Gasteiger partial charge in [0.15, 0.2) is 0 Å². The first-order valence-corrected chi connectivity index (χ1v) is 8.61.